The van der Waals surface area contributed by atoms with Crippen LogP contribution in [0.2, 0.25) is 0 Å². The minimum atomic E-state index is -0.863. The number of carboxylic acid groups (broad SMARTS) is 1. The number of hydrogen-bond acceptors (Lipinski definition) is 5. The minimum Gasteiger partial charge on any atom is -0.481 e. The summed E-state index contributed by atoms with van der Waals surface area (Å²) in [7, 11) is 0. The molecule has 1 heterocycles. The van der Waals surface area contributed by atoms with Gasteiger partial charge < -0.3 is 10.2 Å². The number of benzene rings is 1. The molecule has 0 radical (unpaired) electrons. The maximum Gasteiger partial charge on any atom is 0.307 e. The van der Waals surface area contributed by atoms with E-state index >= 15 is 0 Å². The molecule has 7 heteroatoms. The molecule has 0 saturated carbocycles. The van der Waals surface area contributed by atoms with E-state index in [1.807, 2.05) is 4.90 Å². The summed E-state index contributed by atoms with van der Waals surface area (Å²) < 4.78 is 0. The van der Waals surface area contributed by atoms with Crippen LogP contribution in [-0.2, 0) is 4.79 Å². The third-order valence-electron chi connectivity index (χ3n) is 3.75. The van der Waals surface area contributed by atoms with E-state index in [1.165, 1.54) is 18.2 Å². The number of aliphatic carboxylic acids is 1. The van der Waals surface area contributed by atoms with Gasteiger partial charge in [-0.15, -0.1) is 0 Å². The Hall–Kier alpha value is -1.99. The Morgan fingerprint density at radius 1 is 1.52 bits per heavy atom. The molecule has 0 bridgehead atoms. The summed E-state index contributed by atoms with van der Waals surface area (Å²) in [4.78, 5) is 23.1. The van der Waals surface area contributed by atoms with Crippen LogP contribution in [0.1, 0.15) is 24.5 Å². The van der Waals surface area contributed by atoms with Crippen LogP contribution < -0.4 is 0 Å². The Morgan fingerprint density at radius 3 is 2.95 bits per heavy atom. The molecular formula is C14H18N2O5. The normalized spacial score (nSPS) is 20.9. The zero-order chi connectivity index (χ0) is 15.4. The number of non-ortho nitro benzene ring substituents is 1. The van der Waals surface area contributed by atoms with Gasteiger partial charge in [0.05, 0.1) is 16.9 Å². The molecular weight excluding hydrogens is 276 g/mol. The molecule has 1 fully saturated rings. The lowest BCUT2D eigenvalue weighted by Crippen LogP contribution is -2.40. The van der Waals surface area contributed by atoms with Crippen molar-refractivity contribution in [3.8, 4) is 0 Å². The number of nitro benzene ring substituents is 1. The number of piperidine rings is 1. The average Bonchev–Trinajstić information content (AvgIpc) is 2.47. The lowest BCUT2D eigenvalue weighted by molar-refractivity contribution is -0.385. The van der Waals surface area contributed by atoms with Gasteiger partial charge in [-0.25, -0.2) is 0 Å². The van der Waals surface area contributed by atoms with Crippen molar-refractivity contribution in [1.29, 1.82) is 0 Å². The minimum absolute atomic E-state index is 0.0615. The van der Waals surface area contributed by atoms with E-state index in [1.54, 1.807) is 6.07 Å². The Balaban J connectivity index is 2.00. The number of carbonyl (C=O) groups is 1. The fourth-order valence-electron chi connectivity index (χ4n) is 2.62. The summed E-state index contributed by atoms with van der Waals surface area (Å²) in [6.07, 6.45) is 0.564. The van der Waals surface area contributed by atoms with Gasteiger partial charge in [-0.2, -0.15) is 0 Å². The molecule has 2 N–H and O–H groups in total. The fraction of sp³-hybridized carbons (Fsp3) is 0.500. The van der Waals surface area contributed by atoms with Crippen molar-refractivity contribution in [1.82, 2.24) is 4.90 Å². The molecule has 7 nitrogen and oxygen atoms in total. The molecule has 0 aromatic heterocycles. The van der Waals surface area contributed by atoms with E-state index in [-0.39, 0.29) is 12.2 Å². The molecule has 1 saturated heterocycles. The summed E-state index contributed by atoms with van der Waals surface area (Å²) in [5, 5.41) is 30.0. The van der Waals surface area contributed by atoms with Gasteiger partial charge >= 0.3 is 5.97 Å². The third-order valence-corrected chi connectivity index (χ3v) is 3.75. The number of nitrogens with zero attached hydrogens (tertiary/aromatic N) is 2. The zero-order valence-electron chi connectivity index (χ0n) is 11.5. The first-order valence-corrected chi connectivity index (χ1v) is 6.85. The number of carboxylic acids is 1. The van der Waals surface area contributed by atoms with Gasteiger partial charge in [0.15, 0.2) is 0 Å². The number of rotatable bonds is 5. The SMILES string of the molecule is O=C(O)C1CCCN(CC(O)c2cccc([N+](=O)[O-])c2)C1. The van der Waals surface area contributed by atoms with E-state index in [4.69, 9.17) is 5.11 Å². The predicted octanol–water partition coefficient (Wildman–Crippen LogP) is 1.42. The highest BCUT2D eigenvalue weighted by Crippen LogP contribution is 2.23. The lowest BCUT2D eigenvalue weighted by atomic mass is 9.97. The first-order chi connectivity index (χ1) is 9.97. The quantitative estimate of drug-likeness (QED) is 0.629. The molecule has 1 aliphatic rings. The van der Waals surface area contributed by atoms with Crippen molar-refractivity contribution in [2.75, 3.05) is 19.6 Å². The first kappa shape index (κ1) is 15.4. The number of likely N-dealkylation sites (tertiary alicyclic amines) is 1. The molecule has 114 valence electrons. The second-order valence-corrected chi connectivity index (χ2v) is 5.30. The average molecular weight is 294 g/mol. The van der Waals surface area contributed by atoms with E-state index < -0.39 is 22.9 Å². The van der Waals surface area contributed by atoms with Crippen molar-refractivity contribution >= 4 is 11.7 Å². The van der Waals surface area contributed by atoms with Crippen LogP contribution in [0.5, 0.6) is 0 Å². The second kappa shape index (κ2) is 6.64. The molecule has 1 aromatic rings. The Kier molecular flexibility index (Phi) is 4.87. The smallest absolute Gasteiger partial charge is 0.307 e. The van der Waals surface area contributed by atoms with Crippen LogP contribution >= 0.6 is 0 Å². The molecule has 1 aromatic carbocycles. The predicted molar refractivity (Wildman–Crippen MR) is 74.9 cm³/mol. The Morgan fingerprint density at radius 2 is 2.29 bits per heavy atom. The standard InChI is InChI=1S/C14H18N2O5/c17-13(10-3-1-5-12(7-10)16(20)21)9-15-6-2-4-11(8-15)14(18)19/h1,3,5,7,11,13,17H,2,4,6,8-9H2,(H,18,19). The number of aliphatic hydroxyl groups excluding tert-OH is 1. The van der Waals surface area contributed by atoms with Gasteiger partial charge in [0, 0.05) is 25.2 Å². The highest BCUT2D eigenvalue weighted by Gasteiger charge is 2.26. The van der Waals surface area contributed by atoms with Crippen LogP contribution in [0.25, 0.3) is 0 Å². The van der Waals surface area contributed by atoms with Crippen molar-refractivity contribution in [3.63, 3.8) is 0 Å². The molecule has 2 atom stereocenters. The van der Waals surface area contributed by atoms with Gasteiger partial charge in [0.2, 0.25) is 0 Å². The number of hydrogen-bond donors (Lipinski definition) is 2. The Labute approximate surface area is 122 Å². The van der Waals surface area contributed by atoms with Crippen molar-refractivity contribution < 1.29 is 19.9 Å². The number of β-amino-alcohol motifs (C(OH)–C–C–N with tert-alkyl or cyclic N) is 1. The second-order valence-electron chi connectivity index (χ2n) is 5.30. The maximum absolute atomic E-state index is 11.0. The van der Waals surface area contributed by atoms with Crippen molar-refractivity contribution in [2.24, 2.45) is 5.92 Å². The largest absolute Gasteiger partial charge is 0.481 e. The summed E-state index contributed by atoms with van der Waals surface area (Å²) in [6, 6.07) is 5.89. The topological polar surface area (TPSA) is 104 Å². The summed E-state index contributed by atoms with van der Waals surface area (Å²) >= 11 is 0. The molecule has 2 rings (SSSR count). The summed E-state index contributed by atoms with van der Waals surface area (Å²) in [5.74, 6) is -1.22. The zero-order valence-corrected chi connectivity index (χ0v) is 11.5. The van der Waals surface area contributed by atoms with Gasteiger partial charge in [-0.1, -0.05) is 12.1 Å². The molecule has 0 amide bonds. The van der Waals surface area contributed by atoms with E-state index in [0.29, 0.717) is 18.5 Å². The van der Waals surface area contributed by atoms with Crippen LogP contribution in [0.4, 0.5) is 5.69 Å². The highest BCUT2D eigenvalue weighted by atomic mass is 16.6. The molecule has 0 spiro atoms. The van der Waals surface area contributed by atoms with Gasteiger partial charge in [0.25, 0.3) is 5.69 Å². The van der Waals surface area contributed by atoms with E-state index in [9.17, 15) is 20.0 Å². The van der Waals surface area contributed by atoms with Gasteiger partial charge in [-0.05, 0) is 24.9 Å². The first-order valence-electron chi connectivity index (χ1n) is 6.85. The van der Waals surface area contributed by atoms with Gasteiger partial charge in [0.1, 0.15) is 0 Å². The molecule has 21 heavy (non-hydrogen) atoms. The molecule has 1 aliphatic heterocycles. The lowest BCUT2D eigenvalue weighted by Gasteiger charge is -2.32. The van der Waals surface area contributed by atoms with E-state index in [2.05, 4.69) is 0 Å². The third kappa shape index (κ3) is 3.99. The molecule has 0 aliphatic carbocycles. The number of aliphatic hydroxyl groups is 1. The van der Waals surface area contributed by atoms with Crippen LogP contribution in [0.15, 0.2) is 24.3 Å². The van der Waals surface area contributed by atoms with Crippen LogP contribution in [0, 0.1) is 16.0 Å². The van der Waals surface area contributed by atoms with Crippen molar-refractivity contribution in [2.45, 2.75) is 18.9 Å². The van der Waals surface area contributed by atoms with Crippen LogP contribution in [0.3, 0.4) is 0 Å². The van der Waals surface area contributed by atoms with Crippen molar-refractivity contribution in [3.05, 3.63) is 39.9 Å². The summed E-state index contributed by atoms with van der Waals surface area (Å²) in [6.45, 7) is 1.42. The maximum atomic E-state index is 11.0. The fourth-order valence-corrected chi connectivity index (χ4v) is 2.62. The van der Waals surface area contributed by atoms with E-state index in [0.717, 1.165) is 13.0 Å². The van der Waals surface area contributed by atoms with Gasteiger partial charge in [-0.3, -0.25) is 19.8 Å². The molecule has 2 unspecified atom stereocenters. The Bertz CT molecular complexity index is 534. The van der Waals surface area contributed by atoms with Crippen LogP contribution in [-0.4, -0.2) is 45.6 Å². The number of nitro groups is 1. The highest BCUT2D eigenvalue weighted by molar-refractivity contribution is 5.70. The summed E-state index contributed by atoms with van der Waals surface area (Å²) in [5.41, 5.74) is 0.412. The monoisotopic (exact) mass is 294 g/mol.